The van der Waals surface area contributed by atoms with E-state index < -0.39 is 0 Å². The summed E-state index contributed by atoms with van der Waals surface area (Å²) >= 11 is 0. The van der Waals surface area contributed by atoms with Crippen molar-refractivity contribution < 1.29 is 14.3 Å². The van der Waals surface area contributed by atoms with Crippen LogP contribution in [0.3, 0.4) is 0 Å². The highest BCUT2D eigenvalue weighted by atomic mass is 16.5. The van der Waals surface area contributed by atoms with E-state index in [9.17, 15) is 9.59 Å². The van der Waals surface area contributed by atoms with Crippen LogP contribution in [0.25, 0.3) is 22.1 Å². The van der Waals surface area contributed by atoms with Gasteiger partial charge >= 0.3 is 5.97 Å². The van der Waals surface area contributed by atoms with Crippen molar-refractivity contribution in [1.29, 1.82) is 5.26 Å². The van der Waals surface area contributed by atoms with Crippen LogP contribution in [0, 0.1) is 11.3 Å². The number of nitrogens with one attached hydrogen (secondary N) is 1. The van der Waals surface area contributed by atoms with Crippen molar-refractivity contribution in [3.05, 3.63) is 95.8 Å². The van der Waals surface area contributed by atoms with Gasteiger partial charge in [0.1, 0.15) is 22.7 Å². The first-order valence-electron chi connectivity index (χ1n) is 16.6. The summed E-state index contributed by atoms with van der Waals surface area (Å²) in [7, 11) is 9.24. The normalized spacial score (nSPS) is 10.7. The number of fused-ring (bicyclic) bond motifs is 2. The molecule has 262 valence electrons. The number of esters is 1. The number of pyridine rings is 2. The van der Waals surface area contributed by atoms with Crippen molar-refractivity contribution in [2.24, 2.45) is 14.1 Å². The topological polar surface area (TPSA) is 147 Å². The van der Waals surface area contributed by atoms with Crippen LogP contribution in [0.15, 0.2) is 73.6 Å². The number of hydrogen-bond donors (Lipinski definition) is 1. The summed E-state index contributed by atoms with van der Waals surface area (Å²) in [6.45, 7) is 4.47. The van der Waals surface area contributed by atoms with Crippen molar-refractivity contribution in [1.82, 2.24) is 34.4 Å². The van der Waals surface area contributed by atoms with Gasteiger partial charge in [-0.2, -0.15) is 5.26 Å². The minimum atomic E-state index is -0.326. The Kier molecular flexibility index (Phi) is 11.3. The molecule has 0 radical (unpaired) electrons. The molecule has 2 aromatic carbocycles. The predicted molar refractivity (Wildman–Crippen MR) is 199 cm³/mol. The molecule has 4 aromatic heterocycles. The van der Waals surface area contributed by atoms with Gasteiger partial charge in [-0.25, -0.2) is 24.7 Å². The van der Waals surface area contributed by atoms with Gasteiger partial charge in [0.15, 0.2) is 0 Å². The third kappa shape index (κ3) is 7.80. The number of carbonyl (C=O) groups is 2. The molecule has 0 spiro atoms. The van der Waals surface area contributed by atoms with E-state index >= 15 is 0 Å². The van der Waals surface area contributed by atoms with Crippen LogP contribution in [0.2, 0.25) is 0 Å². The average molecular weight is 687 g/mol. The number of aryl methyl sites for hydroxylation is 4. The molecule has 0 aliphatic heterocycles. The van der Waals surface area contributed by atoms with Crippen molar-refractivity contribution >= 4 is 57.0 Å². The molecule has 0 saturated heterocycles. The largest absolute Gasteiger partial charge is 0.465 e. The molecule has 6 rings (SSSR count). The van der Waals surface area contributed by atoms with E-state index in [0.29, 0.717) is 24.1 Å². The van der Waals surface area contributed by atoms with Gasteiger partial charge in [-0.1, -0.05) is 13.8 Å². The zero-order valence-corrected chi connectivity index (χ0v) is 30.0. The van der Waals surface area contributed by atoms with Crippen LogP contribution < -0.4 is 15.1 Å². The molecule has 0 aliphatic carbocycles. The molecule has 0 aliphatic rings. The molecule has 0 saturated carbocycles. The summed E-state index contributed by atoms with van der Waals surface area (Å²) in [5, 5.41) is 11.3. The molecule has 13 nitrogen and oxygen atoms in total. The molecule has 0 unspecified atom stereocenters. The number of imidazole rings is 2. The number of methoxy groups -OCH3 is 1. The summed E-state index contributed by atoms with van der Waals surface area (Å²) < 4.78 is 8.73. The molecule has 6 aromatic rings. The lowest BCUT2D eigenvalue weighted by molar-refractivity contribution is 0.0600. The maximum atomic E-state index is 12.2. The fourth-order valence-electron chi connectivity index (χ4n) is 5.77. The highest BCUT2D eigenvalue weighted by Gasteiger charge is 2.16. The Morgan fingerprint density at radius 2 is 1.27 bits per heavy atom. The Morgan fingerprint density at radius 3 is 1.75 bits per heavy atom. The number of ether oxygens (including phenoxy) is 1. The van der Waals surface area contributed by atoms with Gasteiger partial charge in [-0.3, -0.25) is 4.79 Å². The molecule has 0 fully saturated rings. The summed E-state index contributed by atoms with van der Waals surface area (Å²) in [6, 6.07) is 17.3. The van der Waals surface area contributed by atoms with E-state index in [1.165, 1.54) is 7.11 Å². The maximum absolute atomic E-state index is 12.2. The number of nitriles is 1. The summed E-state index contributed by atoms with van der Waals surface area (Å²) in [4.78, 5) is 45.6. The number of carbonyl (C=O) groups excluding carboxylic acids is 2. The SMILES string of the molecule is CCc1cc(C(=O)NCCC#N)ccc1N(C)c1cc2c(cn1)ncn2C.CCc1cc(C(=O)OC)ccc1N(C)c1cc2c(cn1)ncn2C. The Hall–Kier alpha value is -6.29. The molecule has 0 atom stereocenters. The first kappa shape index (κ1) is 36.0. The highest BCUT2D eigenvalue weighted by molar-refractivity contribution is 5.95. The third-order valence-corrected chi connectivity index (χ3v) is 8.73. The number of hydrogen-bond acceptors (Lipinski definition) is 10. The highest BCUT2D eigenvalue weighted by Crippen LogP contribution is 2.30. The standard InChI is InChI=1S/C20H22N6O.C18H20N4O2/c1-4-14-10-15(20(27)22-9-5-8-21)6-7-17(14)26(3)19-11-18-16(12-23-19)24-13-25(18)2;1-5-12-8-13(18(23)24-4)6-7-15(12)22(3)17-9-16-14(10-19-17)20-11-21(16)2/h6-7,10-13H,4-5,9H2,1-3H3,(H,22,27);6-11H,5H2,1-4H3. The molecule has 4 heterocycles. The van der Waals surface area contributed by atoms with Crippen LogP contribution in [-0.4, -0.2) is 68.7 Å². The Labute approximate surface area is 297 Å². The molecule has 1 N–H and O–H groups in total. The van der Waals surface area contributed by atoms with Gasteiger partial charge < -0.3 is 29.0 Å². The summed E-state index contributed by atoms with van der Waals surface area (Å²) in [6.07, 6.45) is 8.98. The van der Waals surface area contributed by atoms with E-state index in [-0.39, 0.29) is 11.9 Å². The minimum Gasteiger partial charge on any atom is -0.465 e. The van der Waals surface area contributed by atoms with Crippen LogP contribution >= 0.6 is 0 Å². The van der Waals surface area contributed by atoms with Crippen LogP contribution in [-0.2, 0) is 31.7 Å². The minimum absolute atomic E-state index is 0.163. The van der Waals surface area contributed by atoms with E-state index in [2.05, 4.69) is 39.1 Å². The Morgan fingerprint density at radius 1 is 0.784 bits per heavy atom. The number of aromatic nitrogens is 6. The van der Waals surface area contributed by atoms with Crippen LogP contribution in [0.4, 0.5) is 23.0 Å². The predicted octanol–water partition coefficient (Wildman–Crippen LogP) is 6.03. The quantitative estimate of drug-likeness (QED) is 0.134. The Bertz CT molecular complexity index is 2230. The number of anilines is 4. The van der Waals surface area contributed by atoms with Gasteiger partial charge in [-0.15, -0.1) is 0 Å². The van der Waals surface area contributed by atoms with Gasteiger partial charge in [-0.05, 0) is 60.4 Å². The molecule has 0 bridgehead atoms. The first-order valence-corrected chi connectivity index (χ1v) is 16.6. The number of amides is 1. The number of rotatable bonds is 10. The van der Waals surface area contributed by atoms with Crippen molar-refractivity contribution in [3.8, 4) is 6.07 Å². The van der Waals surface area contributed by atoms with E-state index in [1.807, 2.05) is 89.6 Å². The van der Waals surface area contributed by atoms with E-state index in [1.54, 1.807) is 37.2 Å². The molecule has 1 amide bonds. The maximum Gasteiger partial charge on any atom is 0.337 e. The summed E-state index contributed by atoms with van der Waals surface area (Å²) in [5.74, 6) is 1.15. The fraction of sp³-hybridized carbons (Fsp3) is 0.289. The van der Waals surface area contributed by atoms with E-state index in [4.69, 9.17) is 10.00 Å². The average Bonchev–Trinajstić information content (AvgIpc) is 3.74. The van der Waals surface area contributed by atoms with Crippen molar-refractivity contribution in [2.45, 2.75) is 33.1 Å². The van der Waals surface area contributed by atoms with Crippen LogP contribution in [0.1, 0.15) is 52.1 Å². The number of nitrogens with zero attached hydrogens (tertiary/aromatic N) is 9. The third-order valence-electron chi connectivity index (χ3n) is 8.73. The lowest BCUT2D eigenvalue weighted by atomic mass is 10.0. The lowest BCUT2D eigenvalue weighted by Gasteiger charge is -2.22. The second kappa shape index (κ2) is 15.9. The molecular weight excluding hydrogens is 644 g/mol. The molecule has 51 heavy (non-hydrogen) atoms. The second-order valence-electron chi connectivity index (χ2n) is 11.9. The van der Waals surface area contributed by atoms with Crippen molar-refractivity contribution in [2.75, 3.05) is 37.5 Å². The van der Waals surface area contributed by atoms with E-state index in [0.717, 1.165) is 69.0 Å². The van der Waals surface area contributed by atoms with Gasteiger partial charge in [0.2, 0.25) is 0 Å². The summed E-state index contributed by atoms with van der Waals surface area (Å²) in [5.41, 5.74) is 9.04. The second-order valence-corrected chi connectivity index (χ2v) is 11.9. The lowest BCUT2D eigenvalue weighted by Crippen LogP contribution is -2.24. The molecule has 13 heteroatoms. The zero-order valence-electron chi connectivity index (χ0n) is 30.0. The first-order chi connectivity index (χ1) is 24.6. The van der Waals surface area contributed by atoms with Crippen LogP contribution in [0.5, 0.6) is 0 Å². The number of benzene rings is 2. The smallest absolute Gasteiger partial charge is 0.337 e. The van der Waals surface area contributed by atoms with Crippen molar-refractivity contribution in [3.63, 3.8) is 0 Å². The van der Waals surface area contributed by atoms with Gasteiger partial charge in [0.25, 0.3) is 5.91 Å². The van der Waals surface area contributed by atoms with Gasteiger partial charge in [0, 0.05) is 63.8 Å². The fourth-order valence-corrected chi connectivity index (χ4v) is 5.77. The Balaban J connectivity index is 0.000000199. The molecular formula is C38H42N10O3. The van der Waals surface area contributed by atoms with Gasteiger partial charge in [0.05, 0.1) is 61.2 Å². The monoisotopic (exact) mass is 686 g/mol. The zero-order chi connectivity index (χ0) is 36.7.